The molecule has 46 valence electrons. The second-order valence-electron chi connectivity index (χ2n) is 2.90. The normalized spacial score (nSPS) is 29.6. The minimum absolute atomic E-state index is 0.870. The zero-order valence-electron chi connectivity index (χ0n) is 5.99. The van der Waals surface area contributed by atoms with E-state index >= 15 is 0 Å². The van der Waals surface area contributed by atoms with Gasteiger partial charge < -0.3 is 0 Å². The molecule has 0 aromatic carbocycles. The summed E-state index contributed by atoms with van der Waals surface area (Å²) in [6.07, 6.45) is 2.73. The van der Waals surface area contributed by atoms with Gasteiger partial charge in [0.15, 0.2) is 0 Å². The van der Waals surface area contributed by atoms with Gasteiger partial charge in [0, 0.05) is 0 Å². The summed E-state index contributed by atoms with van der Waals surface area (Å²) in [6.45, 7) is 6.82. The first-order chi connectivity index (χ1) is 3.72. The topological polar surface area (TPSA) is 0 Å². The molecule has 1 aliphatic carbocycles. The Balaban J connectivity index is 2.71. The highest BCUT2D eigenvalue weighted by molar-refractivity contribution is 5.17. The average molecular weight is 110 g/mol. The summed E-state index contributed by atoms with van der Waals surface area (Å²) in [5, 5.41) is 0. The Morgan fingerprint density at radius 2 is 2.00 bits per heavy atom. The highest BCUT2D eigenvalue weighted by Gasteiger charge is 2.13. The lowest BCUT2D eigenvalue weighted by Crippen LogP contribution is -1.86. The van der Waals surface area contributed by atoms with Crippen molar-refractivity contribution in [3.63, 3.8) is 0 Å². The summed E-state index contributed by atoms with van der Waals surface area (Å²) in [6, 6.07) is 0. The molecule has 8 heavy (non-hydrogen) atoms. The Bertz CT molecular complexity index is 120. The number of rotatable bonds is 0. The van der Waals surface area contributed by atoms with Crippen LogP contribution in [0.15, 0.2) is 11.1 Å². The molecule has 0 fully saturated rings. The van der Waals surface area contributed by atoms with E-state index in [1.165, 1.54) is 12.8 Å². The van der Waals surface area contributed by atoms with Crippen LogP contribution in [0.2, 0.25) is 0 Å². The lowest BCUT2D eigenvalue weighted by molar-refractivity contribution is 0.669. The largest absolute Gasteiger partial charge is 0.0741 e. The van der Waals surface area contributed by atoms with Crippen molar-refractivity contribution in [2.75, 3.05) is 0 Å². The third kappa shape index (κ3) is 0.795. The molecule has 0 heterocycles. The Labute approximate surface area is 51.6 Å². The lowest BCUT2D eigenvalue weighted by atomic mass is 10.1. The molecule has 1 aliphatic rings. The van der Waals surface area contributed by atoms with Crippen molar-refractivity contribution in [2.45, 2.75) is 33.6 Å². The van der Waals surface area contributed by atoms with E-state index in [0.717, 1.165) is 5.92 Å². The Morgan fingerprint density at radius 1 is 1.38 bits per heavy atom. The summed E-state index contributed by atoms with van der Waals surface area (Å²) in [5.74, 6) is 0.870. The summed E-state index contributed by atoms with van der Waals surface area (Å²) >= 11 is 0. The van der Waals surface area contributed by atoms with Gasteiger partial charge in [0.1, 0.15) is 0 Å². The molecule has 0 spiro atoms. The first kappa shape index (κ1) is 5.87. The first-order valence-corrected chi connectivity index (χ1v) is 3.38. The number of allylic oxidation sites excluding steroid dienone is 2. The fourth-order valence-electron chi connectivity index (χ4n) is 1.27. The minimum Gasteiger partial charge on any atom is -0.0741 e. The van der Waals surface area contributed by atoms with Crippen LogP contribution in [-0.4, -0.2) is 0 Å². The van der Waals surface area contributed by atoms with Gasteiger partial charge in [0.2, 0.25) is 0 Å². The molecule has 0 heteroatoms. The first-order valence-electron chi connectivity index (χ1n) is 3.38. The molecule has 1 atom stereocenters. The summed E-state index contributed by atoms with van der Waals surface area (Å²) in [4.78, 5) is 0. The van der Waals surface area contributed by atoms with Crippen LogP contribution in [0.3, 0.4) is 0 Å². The molecule has 0 amide bonds. The van der Waals surface area contributed by atoms with Crippen LogP contribution in [0.1, 0.15) is 33.6 Å². The molecule has 0 aliphatic heterocycles. The van der Waals surface area contributed by atoms with Gasteiger partial charge in [-0.05, 0) is 32.6 Å². The smallest absolute Gasteiger partial charge is 0.0229 e. The van der Waals surface area contributed by atoms with Crippen LogP contribution in [0.5, 0.6) is 0 Å². The maximum Gasteiger partial charge on any atom is -0.0229 e. The highest BCUT2D eigenvalue weighted by atomic mass is 14.2. The van der Waals surface area contributed by atoms with Gasteiger partial charge in [-0.3, -0.25) is 0 Å². The molecule has 1 rings (SSSR count). The Kier molecular flexibility index (Phi) is 1.41. The van der Waals surface area contributed by atoms with E-state index in [4.69, 9.17) is 0 Å². The molecular formula is C8H14. The van der Waals surface area contributed by atoms with Gasteiger partial charge in [-0.2, -0.15) is 0 Å². The van der Waals surface area contributed by atoms with Crippen LogP contribution in [0, 0.1) is 5.92 Å². The summed E-state index contributed by atoms with van der Waals surface area (Å²) in [5.41, 5.74) is 3.25. The number of hydrogen-bond donors (Lipinski definition) is 0. The average Bonchev–Trinajstić information content (AvgIpc) is 1.98. The Hall–Kier alpha value is -0.260. The van der Waals surface area contributed by atoms with Crippen molar-refractivity contribution in [1.82, 2.24) is 0 Å². The van der Waals surface area contributed by atoms with Crippen molar-refractivity contribution in [2.24, 2.45) is 5.92 Å². The zero-order valence-corrected chi connectivity index (χ0v) is 5.99. The quantitative estimate of drug-likeness (QED) is 0.420. The highest BCUT2D eigenvalue weighted by Crippen LogP contribution is 2.30. The fourth-order valence-corrected chi connectivity index (χ4v) is 1.27. The van der Waals surface area contributed by atoms with E-state index in [0.29, 0.717) is 0 Å². The summed E-state index contributed by atoms with van der Waals surface area (Å²) in [7, 11) is 0. The van der Waals surface area contributed by atoms with Crippen LogP contribution in [0.25, 0.3) is 0 Å². The zero-order chi connectivity index (χ0) is 6.15. The van der Waals surface area contributed by atoms with Crippen LogP contribution >= 0.6 is 0 Å². The monoisotopic (exact) mass is 110 g/mol. The predicted octanol–water partition coefficient (Wildman–Crippen LogP) is 2.75. The molecule has 0 bridgehead atoms. The van der Waals surface area contributed by atoms with Gasteiger partial charge in [-0.1, -0.05) is 18.1 Å². The van der Waals surface area contributed by atoms with Crippen molar-refractivity contribution in [1.29, 1.82) is 0 Å². The van der Waals surface area contributed by atoms with Crippen LogP contribution in [0.4, 0.5) is 0 Å². The van der Waals surface area contributed by atoms with Gasteiger partial charge >= 0.3 is 0 Å². The fraction of sp³-hybridized carbons (Fsp3) is 0.750. The van der Waals surface area contributed by atoms with Crippen LogP contribution in [-0.2, 0) is 0 Å². The van der Waals surface area contributed by atoms with Crippen molar-refractivity contribution in [3.05, 3.63) is 11.1 Å². The maximum atomic E-state index is 2.31. The van der Waals surface area contributed by atoms with E-state index in [1.807, 2.05) is 0 Å². The second kappa shape index (κ2) is 1.93. The minimum atomic E-state index is 0.870. The summed E-state index contributed by atoms with van der Waals surface area (Å²) < 4.78 is 0. The molecule has 0 saturated carbocycles. The van der Waals surface area contributed by atoms with Gasteiger partial charge in [0.05, 0.1) is 0 Å². The number of hydrogen-bond acceptors (Lipinski definition) is 0. The van der Waals surface area contributed by atoms with Gasteiger partial charge in [0.25, 0.3) is 0 Å². The van der Waals surface area contributed by atoms with Crippen LogP contribution < -0.4 is 0 Å². The molecule has 0 radical (unpaired) electrons. The molecule has 0 saturated heterocycles. The molecular weight excluding hydrogens is 96.1 g/mol. The van der Waals surface area contributed by atoms with Gasteiger partial charge in [-0.15, -0.1) is 0 Å². The van der Waals surface area contributed by atoms with Crippen molar-refractivity contribution in [3.8, 4) is 0 Å². The molecule has 0 unspecified atom stereocenters. The van der Waals surface area contributed by atoms with E-state index in [2.05, 4.69) is 20.8 Å². The predicted molar refractivity (Wildman–Crippen MR) is 36.8 cm³/mol. The van der Waals surface area contributed by atoms with E-state index < -0.39 is 0 Å². The SMILES string of the molecule is CC1=C(C)[C@H](C)CC1. The lowest BCUT2D eigenvalue weighted by Gasteiger charge is -2.00. The second-order valence-corrected chi connectivity index (χ2v) is 2.90. The Morgan fingerprint density at radius 3 is 2.12 bits per heavy atom. The third-order valence-electron chi connectivity index (χ3n) is 2.36. The molecule has 0 aromatic heterocycles. The molecule has 0 N–H and O–H groups in total. The van der Waals surface area contributed by atoms with E-state index in [-0.39, 0.29) is 0 Å². The van der Waals surface area contributed by atoms with E-state index in [1.54, 1.807) is 11.1 Å². The standard InChI is InChI=1S/C8H14/c1-6-4-5-7(2)8(6)3/h6H,4-5H2,1-3H3/t6-/m1/s1. The maximum absolute atomic E-state index is 2.31. The third-order valence-corrected chi connectivity index (χ3v) is 2.36. The van der Waals surface area contributed by atoms with E-state index in [9.17, 15) is 0 Å². The van der Waals surface area contributed by atoms with Gasteiger partial charge in [-0.25, -0.2) is 0 Å². The molecule has 0 nitrogen and oxygen atoms in total. The molecule has 0 aromatic rings. The van der Waals surface area contributed by atoms with Crippen molar-refractivity contribution >= 4 is 0 Å². The van der Waals surface area contributed by atoms with Crippen molar-refractivity contribution < 1.29 is 0 Å².